The molecule has 0 spiro atoms. The number of rotatable bonds is 7. The van der Waals surface area contributed by atoms with Gasteiger partial charge in [-0.2, -0.15) is 0 Å². The first-order chi connectivity index (χ1) is 8.48. The second-order valence-electron chi connectivity index (χ2n) is 4.57. The van der Waals surface area contributed by atoms with Gasteiger partial charge in [-0.05, 0) is 39.1 Å². The van der Waals surface area contributed by atoms with Crippen LogP contribution in [0.15, 0.2) is 21.7 Å². The SMILES string of the molecule is CCOC(=O)C(C)(CSc1cccs1)NC(C)C. The number of carbonyl (C=O) groups is 1. The summed E-state index contributed by atoms with van der Waals surface area (Å²) in [7, 11) is 0. The lowest BCUT2D eigenvalue weighted by atomic mass is 10.0. The molecule has 0 radical (unpaired) electrons. The van der Waals surface area contributed by atoms with Crippen molar-refractivity contribution < 1.29 is 9.53 Å². The maximum atomic E-state index is 12.1. The molecular weight excluding hydrogens is 266 g/mol. The minimum atomic E-state index is -0.640. The van der Waals surface area contributed by atoms with E-state index in [1.54, 1.807) is 23.1 Å². The summed E-state index contributed by atoms with van der Waals surface area (Å²) < 4.78 is 6.39. The number of carbonyl (C=O) groups excluding carboxylic acids is 1. The highest BCUT2D eigenvalue weighted by molar-refractivity contribution is 8.01. The Morgan fingerprint density at radius 3 is 2.83 bits per heavy atom. The highest BCUT2D eigenvalue weighted by Crippen LogP contribution is 2.27. The first-order valence-corrected chi connectivity index (χ1v) is 7.95. The van der Waals surface area contributed by atoms with Gasteiger partial charge < -0.3 is 4.74 Å². The van der Waals surface area contributed by atoms with Crippen molar-refractivity contribution in [1.29, 1.82) is 0 Å². The summed E-state index contributed by atoms with van der Waals surface area (Å²) in [6.45, 7) is 8.23. The predicted molar refractivity (Wildman–Crippen MR) is 78.4 cm³/mol. The molecule has 0 aliphatic heterocycles. The summed E-state index contributed by atoms with van der Waals surface area (Å²) in [5, 5.41) is 5.35. The maximum absolute atomic E-state index is 12.1. The van der Waals surface area contributed by atoms with E-state index in [2.05, 4.69) is 11.4 Å². The first-order valence-electron chi connectivity index (χ1n) is 6.09. The van der Waals surface area contributed by atoms with E-state index < -0.39 is 5.54 Å². The third-order valence-electron chi connectivity index (χ3n) is 2.33. The fourth-order valence-electron chi connectivity index (χ4n) is 1.65. The Bertz CT molecular complexity index is 365. The van der Waals surface area contributed by atoms with E-state index in [1.807, 2.05) is 39.1 Å². The molecule has 1 N–H and O–H groups in total. The fourth-order valence-corrected chi connectivity index (χ4v) is 3.52. The average molecular weight is 287 g/mol. The molecule has 0 aliphatic rings. The summed E-state index contributed by atoms with van der Waals surface area (Å²) >= 11 is 3.38. The number of nitrogens with one attached hydrogen (secondary N) is 1. The van der Waals surface area contributed by atoms with E-state index in [0.717, 1.165) is 0 Å². The lowest BCUT2D eigenvalue weighted by Gasteiger charge is -2.30. The molecule has 0 saturated heterocycles. The lowest BCUT2D eigenvalue weighted by Crippen LogP contribution is -2.55. The molecule has 0 bridgehead atoms. The second-order valence-corrected chi connectivity index (χ2v) is 6.80. The molecule has 5 heteroatoms. The van der Waals surface area contributed by atoms with Gasteiger partial charge in [0.05, 0.1) is 10.8 Å². The van der Waals surface area contributed by atoms with E-state index >= 15 is 0 Å². The number of esters is 1. The third-order valence-corrected chi connectivity index (χ3v) is 4.78. The number of thioether (sulfide) groups is 1. The van der Waals surface area contributed by atoms with Gasteiger partial charge in [0.1, 0.15) is 5.54 Å². The normalized spacial score (nSPS) is 14.5. The molecule has 0 aliphatic carbocycles. The smallest absolute Gasteiger partial charge is 0.326 e. The molecule has 0 fully saturated rings. The summed E-state index contributed by atoms with van der Waals surface area (Å²) in [6.07, 6.45) is 0. The molecule has 3 nitrogen and oxygen atoms in total. The molecule has 1 heterocycles. The van der Waals surface area contributed by atoms with Crippen LogP contribution < -0.4 is 5.32 Å². The van der Waals surface area contributed by atoms with Crippen LogP contribution in [0.3, 0.4) is 0 Å². The van der Waals surface area contributed by atoms with Crippen molar-refractivity contribution in [3.05, 3.63) is 17.5 Å². The van der Waals surface area contributed by atoms with Crippen molar-refractivity contribution in [2.24, 2.45) is 0 Å². The Kier molecular flexibility index (Phi) is 6.18. The van der Waals surface area contributed by atoms with E-state index in [9.17, 15) is 4.79 Å². The second kappa shape index (κ2) is 7.16. The van der Waals surface area contributed by atoms with Crippen molar-refractivity contribution in [3.8, 4) is 0 Å². The van der Waals surface area contributed by atoms with Crippen LogP contribution in [0, 0.1) is 0 Å². The van der Waals surface area contributed by atoms with Crippen molar-refractivity contribution in [1.82, 2.24) is 5.32 Å². The molecular formula is C13H21NO2S2. The predicted octanol–water partition coefficient (Wildman–Crippen LogP) is 3.16. The van der Waals surface area contributed by atoms with Crippen molar-refractivity contribution in [3.63, 3.8) is 0 Å². The highest BCUT2D eigenvalue weighted by Gasteiger charge is 2.35. The Labute approximate surface area is 117 Å². The molecule has 0 aromatic carbocycles. The number of thiophene rings is 1. The van der Waals surface area contributed by atoms with Crippen molar-refractivity contribution in [2.75, 3.05) is 12.4 Å². The van der Waals surface area contributed by atoms with Crippen LogP contribution in [-0.2, 0) is 9.53 Å². The molecule has 1 rings (SSSR count). The van der Waals surface area contributed by atoms with Gasteiger partial charge in [-0.1, -0.05) is 6.07 Å². The average Bonchev–Trinajstić information content (AvgIpc) is 2.78. The van der Waals surface area contributed by atoms with Gasteiger partial charge in [0.25, 0.3) is 0 Å². The van der Waals surface area contributed by atoms with E-state index in [-0.39, 0.29) is 12.0 Å². The molecule has 18 heavy (non-hydrogen) atoms. The summed E-state index contributed by atoms with van der Waals surface area (Å²) in [5.41, 5.74) is -0.640. The summed E-state index contributed by atoms with van der Waals surface area (Å²) in [5.74, 6) is 0.493. The Morgan fingerprint density at radius 2 is 2.33 bits per heavy atom. The highest BCUT2D eigenvalue weighted by atomic mass is 32.2. The van der Waals surface area contributed by atoms with Gasteiger partial charge in [-0.25, -0.2) is 0 Å². The van der Waals surface area contributed by atoms with Crippen LogP contribution in [0.25, 0.3) is 0 Å². The monoisotopic (exact) mass is 287 g/mol. The minimum Gasteiger partial charge on any atom is -0.465 e. The van der Waals surface area contributed by atoms with E-state index in [1.165, 1.54) is 4.21 Å². The third kappa shape index (κ3) is 4.63. The Morgan fingerprint density at radius 1 is 1.61 bits per heavy atom. The molecule has 1 atom stereocenters. The number of ether oxygens (including phenoxy) is 1. The van der Waals surface area contributed by atoms with Crippen LogP contribution in [0.5, 0.6) is 0 Å². The Balaban J connectivity index is 2.67. The Hall–Kier alpha value is -0.520. The quantitative estimate of drug-likeness (QED) is 0.617. The molecule has 1 aromatic rings. The topological polar surface area (TPSA) is 38.3 Å². The van der Waals surface area contributed by atoms with E-state index in [4.69, 9.17) is 4.74 Å². The molecule has 1 unspecified atom stereocenters. The van der Waals surface area contributed by atoms with Crippen LogP contribution in [0.4, 0.5) is 0 Å². The maximum Gasteiger partial charge on any atom is 0.326 e. The standard InChI is InChI=1S/C13H21NO2S2/c1-5-16-12(15)13(4,14-10(2)3)9-18-11-7-6-8-17-11/h6-8,10,14H,5,9H2,1-4H3. The van der Waals surface area contributed by atoms with Crippen LogP contribution in [0.1, 0.15) is 27.7 Å². The van der Waals surface area contributed by atoms with Gasteiger partial charge in [-0.15, -0.1) is 23.1 Å². The molecule has 1 aromatic heterocycles. The van der Waals surface area contributed by atoms with Crippen LogP contribution >= 0.6 is 23.1 Å². The fraction of sp³-hybridized carbons (Fsp3) is 0.615. The van der Waals surface area contributed by atoms with Gasteiger partial charge in [0, 0.05) is 11.8 Å². The lowest BCUT2D eigenvalue weighted by molar-refractivity contribution is -0.149. The molecule has 102 valence electrons. The number of hydrogen-bond acceptors (Lipinski definition) is 5. The zero-order valence-electron chi connectivity index (χ0n) is 11.4. The summed E-state index contributed by atoms with van der Waals surface area (Å²) in [4.78, 5) is 12.1. The molecule has 0 saturated carbocycles. The summed E-state index contributed by atoms with van der Waals surface area (Å²) in [6, 6.07) is 4.32. The largest absolute Gasteiger partial charge is 0.465 e. The van der Waals surface area contributed by atoms with Gasteiger partial charge in [0.15, 0.2) is 0 Å². The van der Waals surface area contributed by atoms with Crippen molar-refractivity contribution in [2.45, 2.75) is 43.5 Å². The zero-order chi connectivity index (χ0) is 13.6. The first kappa shape index (κ1) is 15.5. The van der Waals surface area contributed by atoms with E-state index in [0.29, 0.717) is 12.4 Å². The number of hydrogen-bond donors (Lipinski definition) is 1. The van der Waals surface area contributed by atoms with Crippen molar-refractivity contribution >= 4 is 29.1 Å². The minimum absolute atomic E-state index is 0.178. The molecule has 0 amide bonds. The van der Waals surface area contributed by atoms with Crippen LogP contribution in [0.2, 0.25) is 0 Å². The van der Waals surface area contributed by atoms with Crippen LogP contribution in [-0.4, -0.2) is 29.9 Å². The van der Waals surface area contributed by atoms with Gasteiger partial charge >= 0.3 is 5.97 Å². The zero-order valence-corrected chi connectivity index (χ0v) is 13.0. The van der Waals surface area contributed by atoms with Gasteiger partial charge in [0.2, 0.25) is 0 Å². The van der Waals surface area contributed by atoms with Gasteiger partial charge in [-0.3, -0.25) is 10.1 Å².